The molecule has 2 N–H and O–H groups in total. The minimum absolute atomic E-state index is 0.885. The van der Waals surface area contributed by atoms with Crippen molar-refractivity contribution in [3.63, 3.8) is 0 Å². The number of hydrogen-bond donors (Lipinski definition) is 1. The van der Waals surface area contributed by atoms with E-state index in [2.05, 4.69) is 28.0 Å². The van der Waals surface area contributed by atoms with E-state index in [4.69, 9.17) is 5.73 Å². The van der Waals surface area contributed by atoms with E-state index in [-0.39, 0.29) is 0 Å². The highest BCUT2D eigenvalue weighted by atomic mass is 15.3. The highest BCUT2D eigenvalue weighted by Crippen LogP contribution is 2.29. The summed E-state index contributed by atoms with van der Waals surface area (Å²) in [6, 6.07) is 8.31. The van der Waals surface area contributed by atoms with Gasteiger partial charge in [0.15, 0.2) is 0 Å². The van der Waals surface area contributed by atoms with Crippen LogP contribution in [0.3, 0.4) is 0 Å². The van der Waals surface area contributed by atoms with Crippen molar-refractivity contribution in [2.75, 3.05) is 45.0 Å². The second kappa shape index (κ2) is 6.59. The molecule has 1 aromatic carbocycles. The van der Waals surface area contributed by atoms with E-state index in [0.717, 1.165) is 18.0 Å². The van der Waals surface area contributed by atoms with Gasteiger partial charge in [0.25, 0.3) is 0 Å². The largest absolute Gasteiger partial charge is 0.399 e. The molecule has 1 heterocycles. The van der Waals surface area contributed by atoms with E-state index in [1.54, 1.807) is 0 Å². The zero-order valence-corrected chi connectivity index (χ0v) is 12.4. The fourth-order valence-corrected chi connectivity index (χ4v) is 3.12. The molecule has 3 rings (SSSR count). The number of hydrogen-bond acceptors (Lipinski definition) is 3. The molecular weight excluding hydrogens is 246 g/mol. The number of aryl methyl sites for hydroxylation is 1. The molecule has 0 bridgehead atoms. The number of nitrogen functional groups attached to an aromatic ring is 1. The minimum Gasteiger partial charge on any atom is -0.399 e. The summed E-state index contributed by atoms with van der Waals surface area (Å²) in [6.45, 7) is 7.64. The maximum Gasteiger partial charge on any atom is 0.0316 e. The fraction of sp³-hybridized carbons (Fsp3) is 0.647. The molecule has 3 heteroatoms. The lowest BCUT2D eigenvalue weighted by Gasteiger charge is -2.34. The van der Waals surface area contributed by atoms with E-state index in [9.17, 15) is 0 Å². The maximum absolute atomic E-state index is 5.82. The number of benzene rings is 1. The van der Waals surface area contributed by atoms with E-state index >= 15 is 0 Å². The van der Waals surface area contributed by atoms with Crippen LogP contribution in [-0.4, -0.2) is 49.1 Å². The molecule has 3 nitrogen and oxygen atoms in total. The maximum atomic E-state index is 5.82. The first-order valence-electron chi connectivity index (χ1n) is 8.09. The zero-order chi connectivity index (χ0) is 13.8. The molecule has 1 saturated carbocycles. The number of rotatable bonds is 6. The number of nitrogens with two attached hydrogens (primary N) is 1. The van der Waals surface area contributed by atoms with Gasteiger partial charge in [0.2, 0.25) is 0 Å². The van der Waals surface area contributed by atoms with Crippen LogP contribution in [0.1, 0.15) is 24.8 Å². The minimum atomic E-state index is 0.885. The molecule has 2 fully saturated rings. The van der Waals surface area contributed by atoms with Crippen LogP contribution >= 0.6 is 0 Å². The molecule has 110 valence electrons. The van der Waals surface area contributed by atoms with Crippen molar-refractivity contribution in [1.82, 2.24) is 9.80 Å². The number of nitrogens with zero attached hydrogens (tertiary/aromatic N) is 2. The van der Waals surface area contributed by atoms with Crippen molar-refractivity contribution in [3.05, 3.63) is 29.8 Å². The molecular formula is C17H27N3. The van der Waals surface area contributed by atoms with Crippen molar-refractivity contribution in [1.29, 1.82) is 0 Å². The van der Waals surface area contributed by atoms with Gasteiger partial charge >= 0.3 is 0 Å². The lowest BCUT2D eigenvalue weighted by molar-refractivity contribution is 0.127. The van der Waals surface area contributed by atoms with Crippen molar-refractivity contribution in [2.24, 2.45) is 5.92 Å². The Kier molecular flexibility index (Phi) is 4.58. The van der Waals surface area contributed by atoms with Gasteiger partial charge in [-0.25, -0.2) is 0 Å². The van der Waals surface area contributed by atoms with Gasteiger partial charge in [-0.15, -0.1) is 0 Å². The van der Waals surface area contributed by atoms with E-state index in [0.29, 0.717) is 0 Å². The molecule has 1 aliphatic heterocycles. The third-order valence-electron chi connectivity index (χ3n) is 4.57. The fourth-order valence-electron chi connectivity index (χ4n) is 3.12. The Morgan fingerprint density at radius 3 is 2.50 bits per heavy atom. The smallest absolute Gasteiger partial charge is 0.0316 e. The average molecular weight is 273 g/mol. The molecule has 0 atom stereocenters. The van der Waals surface area contributed by atoms with Crippen LogP contribution in [0.15, 0.2) is 24.3 Å². The van der Waals surface area contributed by atoms with Crippen molar-refractivity contribution >= 4 is 5.69 Å². The molecule has 0 amide bonds. The first kappa shape index (κ1) is 13.9. The van der Waals surface area contributed by atoms with Crippen LogP contribution in [0, 0.1) is 5.92 Å². The van der Waals surface area contributed by atoms with Gasteiger partial charge in [0.05, 0.1) is 0 Å². The van der Waals surface area contributed by atoms with Gasteiger partial charge in [-0.3, -0.25) is 0 Å². The zero-order valence-electron chi connectivity index (χ0n) is 12.4. The second-order valence-corrected chi connectivity index (χ2v) is 6.43. The highest BCUT2D eigenvalue weighted by molar-refractivity contribution is 5.40. The average Bonchev–Trinajstić information content (AvgIpc) is 3.25. The Morgan fingerprint density at radius 2 is 1.80 bits per heavy atom. The molecule has 20 heavy (non-hydrogen) atoms. The summed E-state index contributed by atoms with van der Waals surface area (Å²) in [5.74, 6) is 1.03. The summed E-state index contributed by atoms with van der Waals surface area (Å²) in [6.07, 6.45) is 5.33. The monoisotopic (exact) mass is 273 g/mol. The Morgan fingerprint density at radius 1 is 1.05 bits per heavy atom. The van der Waals surface area contributed by atoms with Crippen LogP contribution in [0.2, 0.25) is 0 Å². The molecule has 1 saturated heterocycles. The standard InChI is InChI=1S/C17H27N3/c18-17-5-1-3-15(13-17)4-2-8-19-9-11-20(12-10-19)14-16-6-7-16/h1,3,5,13,16H,2,4,6-12,14,18H2. The Hall–Kier alpha value is -1.06. The lowest BCUT2D eigenvalue weighted by Crippen LogP contribution is -2.47. The Labute approximate surface area is 122 Å². The Balaban J connectivity index is 1.33. The lowest BCUT2D eigenvalue weighted by atomic mass is 10.1. The van der Waals surface area contributed by atoms with E-state index in [1.807, 2.05) is 6.07 Å². The summed E-state index contributed by atoms with van der Waals surface area (Å²) >= 11 is 0. The topological polar surface area (TPSA) is 32.5 Å². The van der Waals surface area contributed by atoms with Crippen molar-refractivity contribution in [2.45, 2.75) is 25.7 Å². The van der Waals surface area contributed by atoms with E-state index in [1.165, 1.54) is 64.1 Å². The summed E-state index contributed by atoms with van der Waals surface area (Å²) in [4.78, 5) is 5.28. The molecule has 1 aliphatic carbocycles. The van der Waals surface area contributed by atoms with E-state index < -0.39 is 0 Å². The van der Waals surface area contributed by atoms with Crippen LogP contribution in [0.25, 0.3) is 0 Å². The van der Waals surface area contributed by atoms with Gasteiger partial charge < -0.3 is 15.5 Å². The van der Waals surface area contributed by atoms with Gasteiger partial charge in [-0.1, -0.05) is 12.1 Å². The predicted molar refractivity (Wildman–Crippen MR) is 84.8 cm³/mol. The third-order valence-corrected chi connectivity index (χ3v) is 4.57. The summed E-state index contributed by atoms with van der Waals surface area (Å²) < 4.78 is 0. The van der Waals surface area contributed by atoms with Crippen LogP contribution in [0.5, 0.6) is 0 Å². The Bertz CT molecular complexity index is 420. The SMILES string of the molecule is Nc1cccc(CCCN2CCN(CC3CC3)CC2)c1. The highest BCUT2D eigenvalue weighted by Gasteiger charge is 2.26. The van der Waals surface area contributed by atoms with Gasteiger partial charge in [-0.2, -0.15) is 0 Å². The van der Waals surface area contributed by atoms with Crippen LogP contribution in [-0.2, 0) is 6.42 Å². The van der Waals surface area contributed by atoms with Crippen LogP contribution in [0.4, 0.5) is 5.69 Å². The summed E-state index contributed by atoms with van der Waals surface area (Å²) in [5.41, 5.74) is 8.08. The molecule has 2 aliphatic rings. The number of piperazine rings is 1. The van der Waals surface area contributed by atoms with Gasteiger partial charge in [0.1, 0.15) is 0 Å². The molecule has 0 spiro atoms. The number of anilines is 1. The van der Waals surface area contributed by atoms with Crippen LogP contribution < -0.4 is 5.73 Å². The normalized spacial score (nSPS) is 21.2. The first-order valence-corrected chi connectivity index (χ1v) is 8.09. The second-order valence-electron chi connectivity index (χ2n) is 6.43. The van der Waals surface area contributed by atoms with Crippen molar-refractivity contribution < 1.29 is 0 Å². The predicted octanol–water partition coefficient (Wildman–Crippen LogP) is 2.23. The molecule has 1 aromatic rings. The van der Waals surface area contributed by atoms with Gasteiger partial charge in [0, 0.05) is 38.4 Å². The van der Waals surface area contributed by atoms with Gasteiger partial charge in [-0.05, 0) is 55.8 Å². The molecule has 0 unspecified atom stereocenters. The third kappa shape index (κ3) is 4.22. The summed E-state index contributed by atoms with van der Waals surface area (Å²) in [7, 11) is 0. The quantitative estimate of drug-likeness (QED) is 0.807. The first-order chi connectivity index (χ1) is 9.79. The van der Waals surface area contributed by atoms with Crippen molar-refractivity contribution in [3.8, 4) is 0 Å². The molecule has 0 radical (unpaired) electrons. The summed E-state index contributed by atoms with van der Waals surface area (Å²) in [5, 5.41) is 0. The molecule has 0 aromatic heterocycles.